The topological polar surface area (TPSA) is 20.3 Å². The summed E-state index contributed by atoms with van der Waals surface area (Å²) in [7, 11) is 0. The average molecular weight is 269 g/mol. The molecule has 2 heteroatoms. The van der Waals surface area contributed by atoms with Gasteiger partial charge in [0.1, 0.15) is 0 Å². The van der Waals surface area contributed by atoms with Gasteiger partial charge in [-0.2, -0.15) is 0 Å². The van der Waals surface area contributed by atoms with Gasteiger partial charge >= 0.3 is 0 Å². The van der Waals surface area contributed by atoms with Crippen LogP contribution in [0.3, 0.4) is 0 Å². The molecule has 2 rings (SSSR count). The van der Waals surface area contributed by atoms with E-state index in [0.717, 1.165) is 19.5 Å². The Morgan fingerprint density at radius 3 is 2.95 bits per heavy atom. The Bertz CT molecular complexity index is 530. The summed E-state index contributed by atoms with van der Waals surface area (Å²) in [5, 5.41) is 0. The molecule has 1 saturated heterocycles. The van der Waals surface area contributed by atoms with E-state index in [4.69, 9.17) is 0 Å². The van der Waals surface area contributed by atoms with E-state index in [1.165, 1.54) is 23.1 Å². The standard InChI is InChI=1S/C18H23NO/c1-4-5-8-18(20)19-11-6-7-16(13-19)17-12-14(2)9-10-15(17)3/h4-5,8-10,12,16H,1,6-7,11,13H2,2-3H3/b8-5+. The van der Waals surface area contributed by atoms with Crippen LogP contribution in [0.5, 0.6) is 0 Å². The van der Waals surface area contributed by atoms with Crippen molar-refractivity contribution >= 4 is 5.91 Å². The molecule has 0 bridgehead atoms. The first-order valence-corrected chi connectivity index (χ1v) is 7.27. The van der Waals surface area contributed by atoms with Crippen molar-refractivity contribution in [2.45, 2.75) is 32.6 Å². The lowest BCUT2D eigenvalue weighted by atomic mass is 9.87. The Balaban J connectivity index is 2.14. The molecule has 1 aliphatic heterocycles. The first-order chi connectivity index (χ1) is 9.61. The van der Waals surface area contributed by atoms with E-state index >= 15 is 0 Å². The predicted octanol–water partition coefficient (Wildman–Crippen LogP) is 3.75. The van der Waals surface area contributed by atoms with Crippen molar-refractivity contribution in [3.8, 4) is 0 Å². The lowest BCUT2D eigenvalue weighted by molar-refractivity contribution is -0.127. The summed E-state index contributed by atoms with van der Waals surface area (Å²) >= 11 is 0. The van der Waals surface area contributed by atoms with E-state index in [1.54, 1.807) is 18.2 Å². The third-order valence-corrected chi connectivity index (χ3v) is 3.98. The molecule has 106 valence electrons. The van der Waals surface area contributed by atoms with Crippen LogP contribution in [-0.2, 0) is 4.79 Å². The summed E-state index contributed by atoms with van der Waals surface area (Å²) in [4.78, 5) is 14.0. The van der Waals surface area contributed by atoms with Crippen LogP contribution in [0.15, 0.2) is 43.0 Å². The van der Waals surface area contributed by atoms with Crippen molar-refractivity contribution in [2.24, 2.45) is 0 Å². The molecule has 0 N–H and O–H groups in total. The number of aryl methyl sites for hydroxylation is 2. The molecule has 1 heterocycles. The molecule has 1 aromatic carbocycles. The second-order valence-corrected chi connectivity index (χ2v) is 5.58. The van der Waals surface area contributed by atoms with Gasteiger partial charge in [0.2, 0.25) is 5.91 Å². The number of piperidine rings is 1. The van der Waals surface area contributed by atoms with Crippen LogP contribution < -0.4 is 0 Å². The number of carbonyl (C=O) groups excluding carboxylic acids is 1. The van der Waals surface area contributed by atoms with Crippen molar-refractivity contribution in [1.82, 2.24) is 4.90 Å². The van der Waals surface area contributed by atoms with E-state index in [9.17, 15) is 4.79 Å². The molecule has 0 radical (unpaired) electrons. The molecule has 2 nitrogen and oxygen atoms in total. The molecular formula is C18H23NO. The summed E-state index contributed by atoms with van der Waals surface area (Å²) in [6.45, 7) is 9.58. The first-order valence-electron chi connectivity index (χ1n) is 7.27. The third-order valence-electron chi connectivity index (χ3n) is 3.98. The zero-order valence-electron chi connectivity index (χ0n) is 12.4. The number of hydrogen-bond donors (Lipinski definition) is 0. The Kier molecular flexibility index (Phi) is 4.78. The maximum atomic E-state index is 12.1. The van der Waals surface area contributed by atoms with Gasteiger partial charge in [-0.05, 0) is 37.8 Å². The third kappa shape index (κ3) is 3.38. The Labute approximate surface area is 121 Å². The smallest absolute Gasteiger partial charge is 0.246 e. The van der Waals surface area contributed by atoms with Gasteiger partial charge in [0.05, 0.1) is 0 Å². The van der Waals surface area contributed by atoms with Crippen molar-refractivity contribution < 1.29 is 4.79 Å². The van der Waals surface area contributed by atoms with E-state index < -0.39 is 0 Å². The van der Waals surface area contributed by atoms with Crippen molar-refractivity contribution in [2.75, 3.05) is 13.1 Å². The van der Waals surface area contributed by atoms with E-state index in [1.807, 2.05) is 4.90 Å². The zero-order chi connectivity index (χ0) is 14.5. The van der Waals surface area contributed by atoms with Gasteiger partial charge in [-0.3, -0.25) is 4.79 Å². The molecule has 0 aromatic heterocycles. The average Bonchev–Trinajstić information content (AvgIpc) is 2.47. The van der Waals surface area contributed by atoms with Crippen LogP contribution in [0.1, 0.15) is 35.4 Å². The molecule has 1 atom stereocenters. The number of rotatable bonds is 3. The van der Waals surface area contributed by atoms with Gasteiger partial charge in [-0.1, -0.05) is 42.5 Å². The molecule has 20 heavy (non-hydrogen) atoms. The largest absolute Gasteiger partial charge is 0.339 e. The van der Waals surface area contributed by atoms with Gasteiger partial charge in [-0.25, -0.2) is 0 Å². The molecule has 1 fully saturated rings. The number of likely N-dealkylation sites (tertiary alicyclic amines) is 1. The first kappa shape index (κ1) is 14.6. The summed E-state index contributed by atoms with van der Waals surface area (Å²) in [5.41, 5.74) is 4.02. The van der Waals surface area contributed by atoms with Crippen LogP contribution in [-0.4, -0.2) is 23.9 Å². The zero-order valence-corrected chi connectivity index (χ0v) is 12.4. The molecule has 0 spiro atoms. The maximum Gasteiger partial charge on any atom is 0.246 e. The highest BCUT2D eigenvalue weighted by molar-refractivity contribution is 5.88. The molecule has 1 unspecified atom stereocenters. The fourth-order valence-corrected chi connectivity index (χ4v) is 2.89. The molecular weight excluding hydrogens is 246 g/mol. The minimum absolute atomic E-state index is 0.0971. The minimum Gasteiger partial charge on any atom is -0.339 e. The number of hydrogen-bond acceptors (Lipinski definition) is 1. The summed E-state index contributed by atoms with van der Waals surface area (Å²) in [5.74, 6) is 0.560. The summed E-state index contributed by atoms with van der Waals surface area (Å²) in [6.07, 6.45) is 7.21. The minimum atomic E-state index is 0.0971. The molecule has 1 amide bonds. The highest BCUT2D eigenvalue weighted by Gasteiger charge is 2.24. The summed E-state index contributed by atoms with van der Waals surface area (Å²) in [6, 6.07) is 6.61. The van der Waals surface area contributed by atoms with Crippen LogP contribution in [0, 0.1) is 13.8 Å². The highest BCUT2D eigenvalue weighted by atomic mass is 16.2. The van der Waals surface area contributed by atoms with Gasteiger partial charge in [0.15, 0.2) is 0 Å². The maximum absolute atomic E-state index is 12.1. The van der Waals surface area contributed by atoms with Crippen LogP contribution in [0.25, 0.3) is 0 Å². The lowest BCUT2D eigenvalue weighted by Gasteiger charge is -2.33. The second kappa shape index (κ2) is 6.56. The second-order valence-electron chi connectivity index (χ2n) is 5.58. The quantitative estimate of drug-likeness (QED) is 0.604. The van der Waals surface area contributed by atoms with E-state index in [-0.39, 0.29) is 5.91 Å². The van der Waals surface area contributed by atoms with Gasteiger partial charge in [0, 0.05) is 25.1 Å². The van der Waals surface area contributed by atoms with Gasteiger partial charge in [-0.15, -0.1) is 0 Å². The van der Waals surface area contributed by atoms with Gasteiger partial charge < -0.3 is 4.90 Å². The van der Waals surface area contributed by atoms with E-state index in [2.05, 4.69) is 38.6 Å². The molecule has 0 aliphatic carbocycles. The normalized spacial score (nSPS) is 19.3. The SMILES string of the molecule is C=C/C=C/C(=O)N1CCCC(c2cc(C)ccc2C)C1. The van der Waals surface area contributed by atoms with Crippen LogP contribution >= 0.6 is 0 Å². The van der Waals surface area contributed by atoms with Crippen LogP contribution in [0.2, 0.25) is 0 Å². The predicted molar refractivity (Wildman–Crippen MR) is 83.8 cm³/mol. The number of allylic oxidation sites excluding steroid dienone is 2. The Morgan fingerprint density at radius 2 is 2.20 bits per heavy atom. The Hall–Kier alpha value is -1.83. The molecule has 1 aliphatic rings. The Morgan fingerprint density at radius 1 is 1.40 bits per heavy atom. The molecule has 0 saturated carbocycles. The van der Waals surface area contributed by atoms with Crippen molar-refractivity contribution in [1.29, 1.82) is 0 Å². The fourth-order valence-electron chi connectivity index (χ4n) is 2.89. The monoisotopic (exact) mass is 269 g/mol. The number of benzene rings is 1. The van der Waals surface area contributed by atoms with Crippen molar-refractivity contribution in [3.63, 3.8) is 0 Å². The number of nitrogens with zero attached hydrogens (tertiary/aromatic N) is 1. The number of carbonyl (C=O) groups is 1. The lowest BCUT2D eigenvalue weighted by Crippen LogP contribution is -2.38. The van der Waals surface area contributed by atoms with Crippen LogP contribution in [0.4, 0.5) is 0 Å². The molecule has 1 aromatic rings. The van der Waals surface area contributed by atoms with Gasteiger partial charge in [0.25, 0.3) is 0 Å². The summed E-state index contributed by atoms with van der Waals surface area (Å²) < 4.78 is 0. The fraction of sp³-hybridized carbons (Fsp3) is 0.389. The van der Waals surface area contributed by atoms with E-state index in [0.29, 0.717) is 5.92 Å². The highest BCUT2D eigenvalue weighted by Crippen LogP contribution is 2.29. The van der Waals surface area contributed by atoms with Crippen molar-refractivity contribution in [3.05, 3.63) is 59.7 Å². The number of amides is 1.